The molecule has 0 spiro atoms. The first-order chi connectivity index (χ1) is 17.4. The van der Waals surface area contributed by atoms with Gasteiger partial charge >= 0.3 is 5.97 Å². The number of unbranched alkanes of at least 4 members (excludes halogenated alkanes) is 2. The number of ether oxygens (including phenoxy) is 1. The van der Waals surface area contributed by atoms with Crippen molar-refractivity contribution in [1.29, 1.82) is 0 Å². The Morgan fingerprint density at radius 3 is 2.31 bits per heavy atom. The van der Waals surface area contributed by atoms with E-state index in [0.29, 0.717) is 24.8 Å². The summed E-state index contributed by atoms with van der Waals surface area (Å²) < 4.78 is 4.50. The molecule has 206 valence electrons. The van der Waals surface area contributed by atoms with Crippen LogP contribution >= 0.6 is 0 Å². The molecule has 3 atom stereocenters. The Kier molecular flexibility index (Phi) is 19.4. The van der Waals surface area contributed by atoms with Crippen LogP contribution in [-0.2, 0) is 32.1 Å². The van der Waals surface area contributed by atoms with Gasteiger partial charge in [-0.05, 0) is 43.2 Å². The molecule has 7 heteroatoms. The van der Waals surface area contributed by atoms with Gasteiger partial charge in [0.25, 0.3) is 0 Å². The number of fused-ring (bicyclic) bond motifs is 1. The molecule has 7 nitrogen and oxygen atoms in total. The average molecular weight is 506 g/mol. The largest absolute Gasteiger partial charge is 0.467 e. The molecular formula is C29H51N3O4. The smallest absolute Gasteiger partial charge is 0.328 e. The van der Waals surface area contributed by atoms with E-state index < -0.39 is 6.04 Å². The van der Waals surface area contributed by atoms with Crippen LogP contribution in [0, 0.1) is 5.92 Å². The Bertz CT molecular complexity index is 741. The number of nitrogens with two attached hydrogens (primary N) is 1. The summed E-state index contributed by atoms with van der Waals surface area (Å²) >= 11 is 0. The molecule has 0 radical (unpaired) electrons. The number of benzene rings is 1. The maximum atomic E-state index is 12.6. The van der Waals surface area contributed by atoms with Crippen molar-refractivity contribution >= 4 is 18.3 Å². The molecule has 1 aliphatic rings. The first-order valence-corrected chi connectivity index (χ1v) is 13.8. The molecule has 0 saturated carbocycles. The molecule has 2 rings (SSSR count). The van der Waals surface area contributed by atoms with Gasteiger partial charge in [0.05, 0.1) is 7.11 Å². The van der Waals surface area contributed by atoms with Crippen molar-refractivity contribution in [3.05, 3.63) is 35.4 Å². The SMILES string of the molecule is CC.CCCC[C@H](NC=O)C(=O)OC.CC[C@@H](N)CCCC[C@H](C)C(=O)N1CCc2ccccc2C1. The Morgan fingerprint density at radius 2 is 1.72 bits per heavy atom. The van der Waals surface area contributed by atoms with Crippen molar-refractivity contribution in [2.75, 3.05) is 13.7 Å². The minimum atomic E-state index is -0.479. The molecule has 2 amide bonds. The third-order valence-corrected chi connectivity index (χ3v) is 6.45. The number of nitrogens with one attached hydrogen (secondary N) is 1. The van der Waals surface area contributed by atoms with Gasteiger partial charge in [0, 0.05) is 25.0 Å². The third kappa shape index (κ3) is 13.1. The highest BCUT2D eigenvalue weighted by atomic mass is 16.5. The first-order valence-electron chi connectivity index (χ1n) is 13.8. The molecule has 0 fully saturated rings. The molecule has 1 heterocycles. The molecule has 1 aromatic carbocycles. The van der Waals surface area contributed by atoms with E-state index in [1.165, 1.54) is 18.2 Å². The van der Waals surface area contributed by atoms with Crippen molar-refractivity contribution in [3.63, 3.8) is 0 Å². The zero-order chi connectivity index (χ0) is 27.3. The Morgan fingerprint density at radius 1 is 1.08 bits per heavy atom. The van der Waals surface area contributed by atoms with Gasteiger partial charge in [0.1, 0.15) is 6.04 Å². The number of rotatable bonds is 13. The molecule has 3 N–H and O–H groups in total. The zero-order valence-electron chi connectivity index (χ0n) is 23.6. The van der Waals surface area contributed by atoms with E-state index in [2.05, 4.69) is 48.2 Å². The predicted molar refractivity (Wildman–Crippen MR) is 147 cm³/mol. The molecule has 1 aliphatic heterocycles. The summed E-state index contributed by atoms with van der Waals surface area (Å²) in [6.45, 7) is 11.9. The molecule has 36 heavy (non-hydrogen) atoms. The van der Waals surface area contributed by atoms with Crippen LogP contribution in [-0.4, -0.2) is 48.9 Å². The van der Waals surface area contributed by atoms with Gasteiger partial charge in [-0.15, -0.1) is 0 Å². The lowest BCUT2D eigenvalue weighted by Crippen LogP contribution is -2.39. The van der Waals surface area contributed by atoms with Crippen LogP contribution < -0.4 is 11.1 Å². The summed E-state index contributed by atoms with van der Waals surface area (Å²) in [5.41, 5.74) is 8.64. The van der Waals surface area contributed by atoms with Gasteiger partial charge in [0.2, 0.25) is 12.3 Å². The quantitative estimate of drug-likeness (QED) is 0.223. The fourth-order valence-electron chi connectivity index (χ4n) is 4.08. The van der Waals surface area contributed by atoms with Crippen LogP contribution in [0.2, 0.25) is 0 Å². The number of amides is 2. The van der Waals surface area contributed by atoms with E-state index in [1.807, 2.05) is 25.7 Å². The Labute approximate surface area is 219 Å². The maximum Gasteiger partial charge on any atom is 0.328 e. The number of methoxy groups -OCH3 is 1. The molecule has 0 aliphatic carbocycles. The fraction of sp³-hybridized carbons (Fsp3) is 0.690. The summed E-state index contributed by atoms with van der Waals surface area (Å²) in [4.78, 5) is 35.7. The summed E-state index contributed by atoms with van der Waals surface area (Å²) in [5.74, 6) is 0.0629. The second-order valence-corrected chi connectivity index (χ2v) is 9.13. The molecule has 0 aromatic heterocycles. The van der Waals surface area contributed by atoms with Crippen LogP contribution in [0.5, 0.6) is 0 Å². The van der Waals surface area contributed by atoms with Gasteiger partial charge in [0.15, 0.2) is 0 Å². The number of hydrogen-bond donors (Lipinski definition) is 2. The van der Waals surface area contributed by atoms with Gasteiger partial charge in [-0.2, -0.15) is 0 Å². The van der Waals surface area contributed by atoms with Crippen LogP contribution in [0.3, 0.4) is 0 Å². The topological polar surface area (TPSA) is 102 Å². The summed E-state index contributed by atoms with van der Waals surface area (Å²) in [6, 6.07) is 8.31. The van der Waals surface area contributed by atoms with Crippen molar-refractivity contribution in [3.8, 4) is 0 Å². The second-order valence-electron chi connectivity index (χ2n) is 9.13. The summed E-state index contributed by atoms with van der Waals surface area (Å²) in [7, 11) is 1.31. The van der Waals surface area contributed by atoms with Gasteiger partial charge in [-0.1, -0.05) is 84.6 Å². The van der Waals surface area contributed by atoms with Crippen molar-refractivity contribution in [1.82, 2.24) is 10.2 Å². The lowest BCUT2D eigenvalue weighted by Gasteiger charge is -2.31. The van der Waals surface area contributed by atoms with Gasteiger partial charge in [-0.25, -0.2) is 4.79 Å². The zero-order valence-corrected chi connectivity index (χ0v) is 23.6. The molecule has 0 saturated heterocycles. The summed E-state index contributed by atoms with van der Waals surface area (Å²) in [5, 5.41) is 2.41. The Hall–Kier alpha value is -2.41. The number of carbonyl (C=O) groups excluding carboxylic acids is 3. The monoisotopic (exact) mass is 505 g/mol. The van der Waals surface area contributed by atoms with Crippen LogP contribution in [0.4, 0.5) is 0 Å². The van der Waals surface area contributed by atoms with Crippen LogP contribution in [0.25, 0.3) is 0 Å². The minimum Gasteiger partial charge on any atom is -0.467 e. The molecule has 0 bridgehead atoms. The average Bonchev–Trinajstić information content (AvgIpc) is 2.93. The third-order valence-electron chi connectivity index (χ3n) is 6.45. The van der Waals surface area contributed by atoms with Crippen molar-refractivity contribution in [2.24, 2.45) is 11.7 Å². The van der Waals surface area contributed by atoms with Crippen LogP contribution in [0.1, 0.15) is 97.1 Å². The standard InChI is InChI=1S/C19H30N2O.C8H15NO3.C2H6/c1-3-18(20)11-7-4-8-15(2)19(22)21-13-12-16-9-5-6-10-17(16)14-21;1-3-4-5-7(9-6-10)8(11)12-2;1-2/h5-6,9-10,15,18H,3-4,7-8,11-14,20H2,1-2H3;6-7H,3-5H2,1-2H3,(H,9,10);1-2H3/t15-,18+;7-;/m00./s1. The van der Waals surface area contributed by atoms with Crippen LogP contribution in [0.15, 0.2) is 24.3 Å². The first kappa shape index (κ1) is 33.6. The fourth-order valence-corrected chi connectivity index (χ4v) is 4.08. The van der Waals surface area contributed by atoms with Gasteiger partial charge < -0.3 is 20.7 Å². The Balaban J connectivity index is 0.000000746. The highest BCUT2D eigenvalue weighted by molar-refractivity contribution is 5.79. The number of nitrogens with zero attached hydrogens (tertiary/aromatic N) is 1. The second kappa shape index (κ2) is 20.7. The predicted octanol–water partition coefficient (Wildman–Crippen LogP) is 5.00. The molecular weight excluding hydrogens is 454 g/mol. The lowest BCUT2D eigenvalue weighted by molar-refractivity contribution is -0.144. The maximum absolute atomic E-state index is 12.6. The van der Waals surface area contributed by atoms with Crippen molar-refractivity contribution in [2.45, 2.75) is 111 Å². The van der Waals surface area contributed by atoms with E-state index in [4.69, 9.17) is 5.73 Å². The van der Waals surface area contributed by atoms with E-state index >= 15 is 0 Å². The number of esters is 1. The van der Waals surface area contributed by atoms with E-state index in [9.17, 15) is 14.4 Å². The normalized spacial score (nSPS) is 14.5. The lowest BCUT2D eigenvalue weighted by atomic mass is 9.96. The number of carbonyl (C=O) groups is 3. The molecule has 1 aromatic rings. The van der Waals surface area contributed by atoms with Crippen molar-refractivity contribution < 1.29 is 19.1 Å². The van der Waals surface area contributed by atoms with Gasteiger partial charge in [-0.3, -0.25) is 9.59 Å². The summed E-state index contributed by atoms with van der Waals surface area (Å²) in [6.07, 6.45) is 9.39. The number of hydrogen-bond acceptors (Lipinski definition) is 5. The van der Waals surface area contributed by atoms with E-state index in [-0.39, 0.29) is 11.9 Å². The minimum absolute atomic E-state index is 0.128. The van der Waals surface area contributed by atoms with E-state index in [0.717, 1.165) is 64.5 Å². The molecule has 0 unspecified atom stereocenters. The van der Waals surface area contributed by atoms with E-state index in [1.54, 1.807) is 0 Å². The highest BCUT2D eigenvalue weighted by Crippen LogP contribution is 2.21. The highest BCUT2D eigenvalue weighted by Gasteiger charge is 2.24.